The number of fused-ring (bicyclic) bond motifs is 2. The van der Waals surface area contributed by atoms with Crippen molar-refractivity contribution in [2.75, 3.05) is 0 Å². The summed E-state index contributed by atoms with van der Waals surface area (Å²) in [7, 11) is 0. The zero-order valence-electron chi connectivity index (χ0n) is 16.8. The lowest BCUT2D eigenvalue weighted by atomic mass is 9.95. The van der Waals surface area contributed by atoms with Crippen LogP contribution in [0.1, 0.15) is 35.5 Å². The van der Waals surface area contributed by atoms with Gasteiger partial charge < -0.3 is 10.3 Å². The minimum Gasteiger partial charge on any atom is -0.354 e. The number of H-pyrrole nitrogens is 1. The van der Waals surface area contributed by atoms with E-state index in [-0.39, 0.29) is 16.4 Å². The number of aryl methyl sites for hydroxylation is 1. The zero-order valence-corrected chi connectivity index (χ0v) is 16.8. The largest absolute Gasteiger partial charge is 0.354 e. The average molecular weight is 406 g/mol. The number of aromatic amines is 1. The SMILES string of the molecule is Cc1ccc(C(C)(C)NC(=O)c2cc3[nH]c4ccccc4c(=O)c3cc2F)c[n+]1O. The van der Waals surface area contributed by atoms with Gasteiger partial charge >= 0.3 is 0 Å². The number of nitrogens with zero attached hydrogens (tertiary/aromatic N) is 1. The fraction of sp³-hybridized carbons (Fsp3) is 0.174. The molecule has 3 N–H and O–H groups in total. The molecule has 0 saturated carbocycles. The lowest BCUT2D eigenvalue weighted by Gasteiger charge is -2.25. The molecule has 0 unspecified atom stereocenters. The Hall–Kier alpha value is -3.74. The van der Waals surface area contributed by atoms with Gasteiger partial charge in [0, 0.05) is 39.6 Å². The Kier molecular flexibility index (Phi) is 4.53. The molecule has 152 valence electrons. The van der Waals surface area contributed by atoms with Gasteiger partial charge in [-0.3, -0.25) is 14.8 Å². The molecule has 0 saturated heterocycles. The fourth-order valence-electron chi connectivity index (χ4n) is 3.48. The molecular formula is C23H21FN3O3+. The first-order valence-electron chi connectivity index (χ1n) is 9.46. The third kappa shape index (κ3) is 3.28. The van der Waals surface area contributed by atoms with Crippen LogP contribution in [0.4, 0.5) is 4.39 Å². The van der Waals surface area contributed by atoms with Crippen molar-refractivity contribution in [3.05, 3.63) is 87.6 Å². The van der Waals surface area contributed by atoms with E-state index in [1.54, 1.807) is 57.2 Å². The number of pyridine rings is 2. The Morgan fingerprint density at radius 2 is 1.83 bits per heavy atom. The molecular weight excluding hydrogens is 385 g/mol. The second kappa shape index (κ2) is 6.95. The topological polar surface area (TPSA) is 86.1 Å². The molecule has 0 fully saturated rings. The van der Waals surface area contributed by atoms with E-state index in [0.29, 0.717) is 27.7 Å². The smallest absolute Gasteiger partial charge is 0.255 e. The van der Waals surface area contributed by atoms with Crippen molar-refractivity contribution < 1.29 is 19.1 Å². The van der Waals surface area contributed by atoms with Crippen LogP contribution in [0.2, 0.25) is 0 Å². The van der Waals surface area contributed by atoms with Crippen LogP contribution in [0.3, 0.4) is 0 Å². The number of nitrogens with one attached hydrogen (secondary N) is 2. The molecule has 0 spiro atoms. The number of aromatic nitrogens is 2. The summed E-state index contributed by atoms with van der Waals surface area (Å²) < 4.78 is 15.8. The fourth-order valence-corrected chi connectivity index (χ4v) is 3.48. The molecule has 7 heteroatoms. The lowest BCUT2D eigenvalue weighted by Crippen LogP contribution is -2.44. The average Bonchev–Trinajstić information content (AvgIpc) is 2.70. The highest BCUT2D eigenvalue weighted by Crippen LogP contribution is 2.22. The summed E-state index contributed by atoms with van der Waals surface area (Å²) in [6.45, 7) is 5.25. The normalized spacial score (nSPS) is 11.7. The maximum atomic E-state index is 14.8. The van der Waals surface area contributed by atoms with Gasteiger partial charge in [0.2, 0.25) is 11.9 Å². The number of carbonyl (C=O) groups is 1. The predicted molar refractivity (Wildman–Crippen MR) is 111 cm³/mol. The van der Waals surface area contributed by atoms with Gasteiger partial charge in [0.15, 0.2) is 5.43 Å². The molecule has 2 aromatic heterocycles. The van der Waals surface area contributed by atoms with E-state index in [2.05, 4.69) is 10.3 Å². The highest BCUT2D eigenvalue weighted by molar-refractivity contribution is 6.00. The molecule has 0 atom stereocenters. The quantitative estimate of drug-likeness (QED) is 0.277. The Morgan fingerprint density at radius 1 is 1.10 bits per heavy atom. The molecule has 0 aliphatic heterocycles. The van der Waals surface area contributed by atoms with Gasteiger partial charge in [0.1, 0.15) is 5.82 Å². The Bertz CT molecular complexity index is 1380. The highest BCUT2D eigenvalue weighted by Gasteiger charge is 2.28. The van der Waals surface area contributed by atoms with Gasteiger partial charge in [0.05, 0.1) is 16.6 Å². The number of carbonyl (C=O) groups excluding carboxylic acids is 1. The molecule has 6 nitrogen and oxygen atoms in total. The Balaban J connectivity index is 1.75. The van der Waals surface area contributed by atoms with Gasteiger partial charge in [-0.2, -0.15) is 0 Å². The number of hydrogen-bond donors (Lipinski definition) is 3. The molecule has 0 aliphatic carbocycles. The Labute approximate surface area is 171 Å². The summed E-state index contributed by atoms with van der Waals surface area (Å²) in [6, 6.07) is 12.9. The van der Waals surface area contributed by atoms with Crippen LogP contribution in [0, 0.1) is 12.7 Å². The van der Waals surface area contributed by atoms with Crippen molar-refractivity contribution in [2.24, 2.45) is 0 Å². The first kappa shape index (κ1) is 19.6. The number of amides is 1. The maximum Gasteiger partial charge on any atom is 0.255 e. The lowest BCUT2D eigenvalue weighted by molar-refractivity contribution is -0.909. The number of para-hydroxylation sites is 1. The molecule has 0 radical (unpaired) electrons. The van der Waals surface area contributed by atoms with Crippen molar-refractivity contribution in [1.29, 1.82) is 0 Å². The van der Waals surface area contributed by atoms with Crippen LogP contribution in [-0.2, 0) is 5.54 Å². The van der Waals surface area contributed by atoms with E-state index in [0.717, 1.165) is 10.8 Å². The first-order chi connectivity index (χ1) is 14.2. The molecule has 0 aliphatic rings. The van der Waals surface area contributed by atoms with E-state index in [1.165, 1.54) is 12.3 Å². The molecule has 1 amide bonds. The van der Waals surface area contributed by atoms with Crippen molar-refractivity contribution in [2.45, 2.75) is 26.3 Å². The third-order valence-corrected chi connectivity index (χ3v) is 5.31. The molecule has 30 heavy (non-hydrogen) atoms. The Morgan fingerprint density at radius 3 is 2.57 bits per heavy atom. The van der Waals surface area contributed by atoms with E-state index < -0.39 is 17.3 Å². The van der Waals surface area contributed by atoms with E-state index in [4.69, 9.17) is 0 Å². The summed E-state index contributed by atoms with van der Waals surface area (Å²) in [5.41, 5.74) is 0.922. The first-order valence-corrected chi connectivity index (χ1v) is 9.46. The van der Waals surface area contributed by atoms with Crippen molar-refractivity contribution in [3.8, 4) is 0 Å². The summed E-state index contributed by atoms with van der Waals surface area (Å²) in [4.78, 5) is 28.7. The van der Waals surface area contributed by atoms with Gasteiger partial charge in [-0.1, -0.05) is 12.1 Å². The van der Waals surface area contributed by atoms with E-state index >= 15 is 0 Å². The maximum absolute atomic E-state index is 14.8. The molecule has 2 aromatic carbocycles. The van der Waals surface area contributed by atoms with E-state index in [1.807, 2.05) is 0 Å². The highest BCUT2D eigenvalue weighted by atomic mass is 19.1. The monoisotopic (exact) mass is 406 g/mol. The van der Waals surface area contributed by atoms with Gasteiger partial charge in [0.25, 0.3) is 5.91 Å². The number of benzene rings is 2. The van der Waals surface area contributed by atoms with Crippen LogP contribution in [0.15, 0.2) is 59.5 Å². The standard InChI is InChI=1S/C23H20FN3O3/c1-13-8-9-14(12-27(13)30)23(2,3)26-22(29)16-11-20-17(10-18(16)24)21(28)15-6-4-5-7-19(15)25-20/h4-12H,1-3H3,(H2-,25,26,28,29,30)/p+1. The van der Waals surface area contributed by atoms with Crippen LogP contribution in [0.5, 0.6) is 0 Å². The van der Waals surface area contributed by atoms with Crippen LogP contribution < -0.4 is 15.5 Å². The predicted octanol–water partition coefficient (Wildman–Crippen LogP) is 3.32. The second-order valence-corrected chi connectivity index (χ2v) is 7.86. The van der Waals surface area contributed by atoms with Crippen LogP contribution >= 0.6 is 0 Å². The van der Waals surface area contributed by atoms with Crippen LogP contribution in [0.25, 0.3) is 21.8 Å². The number of rotatable bonds is 3. The van der Waals surface area contributed by atoms with E-state index in [9.17, 15) is 19.2 Å². The van der Waals surface area contributed by atoms with Crippen molar-refractivity contribution >= 4 is 27.7 Å². The third-order valence-electron chi connectivity index (χ3n) is 5.31. The summed E-state index contributed by atoms with van der Waals surface area (Å²) in [6.07, 6.45) is 1.50. The second-order valence-electron chi connectivity index (χ2n) is 7.86. The molecule has 2 heterocycles. The van der Waals surface area contributed by atoms with Gasteiger partial charge in [-0.05, 0) is 44.2 Å². The zero-order chi connectivity index (χ0) is 21.6. The molecule has 4 aromatic rings. The summed E-state index contributed by atoms with van der Waals surface area (Å²) in [5.74, 6) is -1.41. The van der Waals surface area contributed by atoms with Crippen molar-refractivity contribution in [3.63, 3.8) is 0 Å². The number of halogens is 1. The minimum absolute atomic E-state index is 0.175. The minimum atomic E-state index is -0.881. The number of hydrogen-bond acceptors (Lipinski definition) is 3. The van der Waals surface area contributed by atoms with Crippen molar-refractivity contribution in [1.82, 2.24) is 10.3 Å². The van der Waals surface area contributed by atoms with Crippen LogP contribution in [-0.4, -0.2) is 16.1 Å². The van der Waals surface area contributed by atoms with Gasteiger partial charge in [-0.15, -0.1) is 0 Å². The summed E-state index contributed by atoms with van der Waals surface area (Å²) >= 11 is 0. The van der Waals surface area contributed by atoms with Gasteiger partial charge in [-0.25, -0.2) is 4.39 Å². The summed E-state index contributed by atoms with van der Waals surface area (Å²) in [5, 5.41) is 13.3. The molecule has 0 bridgehead atoms. The molecule has 4 rings (SSSR count).